The fourth-order valence-electron chi connectivity index (χ4n) is 2.40. The highest BCUT2D eigenvalue weighted by atomic mass is 32.1. The van der Waals surface area contributed by atoms with Gasteiger partial charge in [-0.3, -0.25) is 4.79 Å². The molecule has 0 saturated heterocycles. The number of hydrogen-bond donors (Lipinski definition) is 0. The minimum Gasteiger partial charge on any atom is -0.316 e. The number of hydrogen-bond acceptors (Lipinski definition) is 3. The number of benzene rings is 1. The number of carbonyl (C=O) groups is 1. The van der Waals surface area contributed by atoms with Gasteiger partial charge in [-0.1, -0.05) is 37.3 Å². The van der Waals surface area contributed by atoms with Gasteiger partial charge in [0.05, 0.1) is 15.1 Å². The summed E-state index contributed by atoms with van der Waals surface area (Å²) in [5, 5.41) is 1.90. The summed E-state index contributed by atoms with van der Waals surface area (Å²) in [6.07, 6.45) is 2.03. The van der Waals surface area contributed by atoms with Crippen molar-refractivity contribution in [2.45, 2.75) is 33.2 Å². The van der Waals surface area contributed by atoms with Crippen LogP contribution in [0, 0.1) is 0 Å². The van der Waals surface area contributed by atoms with Gasteiger partial charge in [0.1, 0.15) is 0 Å². The van der Waals surface area contributed by atoms with Gasteiger partial charge in [-0.25, -0.2) is 0 Å². The number of amides is 1. The third kappa shape index (κ3) is 2.91. The van der Waals surface area contributed by atoms with Crippen molar-refractivity contribution in [1.29, 1.82) is 0 Å². The Kier molecular flexibility index (Phi) is 4.55. The molecule has 3 aromatic rings. The van der Waals surface area contributed by atoms with Crippen LogP contribution in [0.15, 0.2) is 40.7 Å². The lowest BCUT2D eigenvalue weighted by molar-refractivity contribution is 0.100. The number of fused-ring (bicyclic) bond motifs is 1. The SMILES string of the molecule is CCCn1c(=NC(=O)c2cccs2)sc2cc(CC)ccc21. The van der Waals surface area contributed by atoms with Crippen molar-refractivity contribution in [3.63, 3.8) is 0 Å². The third-order valence-corrected chi connectivity index (χ3v) is 5.43. The van der Waals surface area contributed by atoms with Gasteiger partial charge in [0, 0.05) is 6.54 Å². The van der Waals surface area contributed by atoms with Gasteiger partial charge in [-0.15, -0.1) is 11.3 Å². The number of rotatable bonds is 4. The largest absolute Gasteiger partial charge is 0.316 e. The molecule has 2 heterocycles. The molecular weight excluding hydrogens is 312 g/mol. The first-order chi connectivity index (χ1) is 10.7. The van der Waals surface area contributed by atoms with E-state index in [1.807, 2.05) is 17.5 Å². The molecule has 0 unspecified atom stereocenters. The number of aryl methyl sites for hydroxylation is 2. The smallest absolute Gasteiger partial charge is 0.289 e. The zero-order valence-corrected chi connectivity index (χ0v) is 14.3. The molecule has 5 heteroatoms. The molecule has 0 atom stereocenters. The summed E-state index contributed by atoms with van der Waals surface area (Å²) in [5.74, 6) is -0.151. The predicted octanol–water partition coefficient (Wildman–Crippen LogP) is 4.48. The minimum atomic E-state index is -0.151. The zero-order valence-electron chi connectivity index (χ0n) is 12.7. The first-order valence-electron chi connectivity index (χ1n) is 7.47. The topological polar surface area (TPSA) is 34.4 Å². The van der Waals surface area contributed by atoms with Gasteiger partial charge >= 0.3 is 0 Å². The second kappa shape index (κ2) is 6.58. The molecule has 1 aromatic carbocycles. The fraction of sp³-hybridized carbons (Fsp3) is 0.294. The summed E-state index contributed by atoms with van der Waals surface area (Å²) < 4.78 is 3.36. The molecule has 0 aliphatic carbocycles. The van der Waals surface area contributed by atoms with Crippen LogP contribution >= 0.6 is 22.7 Å². The lowest BCUT2D eigenvalue weighted by atomic mass is 10.2. The Hall–Kier alpha value is -1.72. The van der Waals surface area contributed by atoms with Gasteiger partial charge in [0.2, 0.25) is 0 Å². The number of nitrogens with zero attached hydrogens (tertiary/aromatic N) is 2. The normalized spacial score (nSPS) is 12.2. The van der Waals surface area contributed by atoms with Crippen LogP contribution in [0.4, 0.5) is 0 Å². The number of carbonyl (C=O) groups excluding carboxylic acids is 1. The summed E-state index contributed by atoms with van der Waals surface area (Å²) in [6.45, 7) is 5.17. The summed E-state index contributed by atoms with van der Waals surface area (Å²) in [7, 11) is 0. The molecule has 0 radical (unpaired) electrons. The molecule has 22 heavy (non-hydrogen) atoms. The van der Waals surface area contributed by atoms with Gasteiger partial charge in [-0.05, 0) is 42.0 Å². The number of thiazole rings is 1. The lowest BCUT2D eigenvalue weighted by Crippen LogP contribution is -2.16. The van der Waals surface area contributed by atoms with Crippen molar-refractivity contribution in [3.05, 3.63) is 51.0 Å². The Morgan fingerprint density at radius 1 is 1.27 bits per heavy atom. The number of thiophene rings is 1. The van der Waals surface area contributed by atoms with Crippen LogP contribution in [-0.4, -0.2) is 10.5 Å². The first kappa shape index (κ1) is 15.2. The van der Waals surface area contributed by atoms with E-state index in [2.05, 4.69) is 41.6 Å². The first-order valence-corrected chi connectivity index (χ1v) is 9.17. The maximum absolute atomic E-state index is 12.3. The molecule has 2 aromatic heterocycles. The van der Waals surface area contributed by atoms with Crippen LogP contribution in [0.3, 0.4) is 0 Å². The molecule has 0 spiro atoms. The fourth-order valence-corrected chi connectivity index (χ4v) is 4.13. The highest BCUT2D eigenvalue weighted by Crippen LogP contribution is 2.20. The highest BCUT2D eigenvalue weighted by Gasteiger charge is 2.09. The van der Waals surface area contributed by atoms with E-state index >= 15 is 0 Å². The summed E-state index contributed by atoms with van der Waals surface area (Å²) in [5.41, 5.74) is 2.48. The molecule has 0 bridgehead atoms. The molecule has 3 nitrogen and oxygen atoms in total. The van der Waals surface area contributed by atoms with Crippen molar-refractivity contribution >= 4 is 38.8 Å². The van der Waals surface area contributed by atoms with Gasteiger partial charge in [0.25, 0.3) is 5.91 Å². The van der Waals surface area contributed by atoms with E-state index in [-0.39, 0.29) is 5.91 Å². The molecule has 0 fully saturated rings. The van der Waals surface area contributed by atoms with E-state index in [0.717, 1.165) is 24.2 Å². The third-order valence-electron chi connectivity index (χ3n) is 3.53. The second-order valence-electron chi connectivity index (χ2n) is 5.09. The Morgan fingerprint density at radius 3 is 2.82 bits per heavy atom. The molecule has 0 aliphatic heterocycles. The van der Waals surface area contributed by atoms with E-state index in [1.165, 1.54) is 27.1 Å². The average molecular weight is 330 g/mol. The molecule has 0 aliphatic rings. The predicted molar refractivity (Wildman–Crippen MR) is 93.7 cm³/mol. The zero-order chi connectivity index (χ0) is 15.5. The molecule has 3 rings (SSSR count). The van der Waals surface area contributed by atoms with Gasteiger partial charge < -0.3 is 4.57 Å². The Morgan fingerprint density at radius 2 is 2.14 bits per heavy atom. The number of aromatic nitrogens is 1. The minimum absolute atomic E-state index is 0.151. The monoisotopic (exact) mass is 330 g/mol. The highest BCUT2D eigenvalue weighted by molar-refractivity contribution is 7.16. The van der Waals surface area contributed by atoms with Gasteiger partial charge in [-0.2, -0.15) is 4.99 Å². The molecule has 114 valence electrons. The van der Waals surface area contributed by atoms with Crippen LogP contribution in [0.1, 0.15) is 35.5 Å². The van der Waals surface area contributed by atoms with E-state index in [9.17, 15) is 4.79 Å². The second-order valence-corrected chi connectivity index (χ2v) is 7.04. The Balaban J connectivity index is 2.15. The average Bonchev–Trinajstić information content (AvgIpc) is 3.16. The van der Waals surface area contributed by atoms with Crippen LogP contribution in [-0.2, 0) is 13.0 Å². The summed E-state index contributed by atoms with van der Waals surface area (Å²) in [6, 6.07) is 10.2. The van der Waals surface area contributed by atoms with Crippen LogP contribution in [0.25, 0.3) is 10.2 Å². The summed E-state index contributed by atoms with van der Waals surface area (Å²) in [4.78, 5) is 18.1. The van der Waals surface area contributed by atoms with Crippen molar-refractivity contribution in [2.24, 2.45) is 4.99 Å². The molecule has 0 N–H and O–H groups in total. The quantitative estimate of drug-likeness (QED) is 0.694. The van der Waals surface area contributed by atoms with Crippen molar-refractivity contribution in [3.8, 4) is 0 Å². The molecular formula is C17H18N2OS2. The van der Waals surface area contributed by atoms with E-state index < -0.39 is 0 Å². The van der Waals surface area contributed by atoms with Crippen molar-refractivity contribution < 1.29 is 4.79 Å². The molecule has 0 saturated carbocycles. The van der Waals surface area contributed by atoms with Crippen LogP contribution in [0.5, 0.6) is 0 Å². The Labute approximate surface area is 137 Å². The van der Waals surface area contributed by atoms with Crippen LogP contribution < -0.4 is 4.80 Å². The van der Waals surface area contributed by atoms with E-state index in [0.29, 0.717) is 4.88 Å². The maximum atomic E-state index is 12.3. The van der Waals surface area contributed by atoms with E-state index in [4.69, 9.17) is 0 Å². The van der Waals surface area contributed by atoms with Crippen molar-refractivity contribution in [2.75, 3.05) is 0 Å². The summed E-state index contributed by atoms with van der Waals surface area (Å²) >= 11 is 3.03. The maximum Gasteiger partial charge on any atom is 0.289 e. The van der Waals surface area contributed by atoms with E-state index in [1.54, 1.807) is 11.3 Å². The lowest BCUT2D eigenvalue weighted by Gasteiger charge is -2.03. The van der Waals surface area contributed by atoms with Crippen molar-refractivity contribution in [1.82, 2.24) is 4.57 Å². The van der Waals surface area contributed by atoms with Crippen LogP contribution in [0.2, 0.25) is 0 Å². The standard InChI is InChI=1S/C17H18N2OS2/c1-3-9-19-13-8-7-12(4-2)11-15(13)22-17(19)18-16(20)14-6-5-10-21-14/h5-8,10-11H,3-4,9H2,1-2H3. The van der Waals surface area contributed by atoms with Gasteiger partial charge in [0.15, 0.2) is 4.80 Å². The molecule has 1 amide bonds. The Bertz CT molecular complexity index is 857.